The molecule has 1 aromatic heterocycles. The van der Waals surface area contributed by atoms with E-state index in [4.69, 9.17) is 10.2 Å². The van der Waals surface area contributed by atoms with Crippen molar-refractivity contribution >= 4 is 0 Å². The molecule has 3 atom stereocenters. The molecule has 1 aliphatic heterocycles. The minimum atomic E-state index is 0.283. The lowest BCUT2D eigenvalue weighted by Gasteiger charge is -2.47. The van der Waals surface area contributed by atoms with Gasteiger partial charge in [-0.3, -0.25) is 4.90 Å². The molecule has 0 radical (unpaired) electrons. The van der Waals surface area contributed by atoms with Crippen molar-refractivity contribution in [3.8, 4) is 0 Å². The Balaban J connectivity index is 1.80. The van der Waals surface area contributed by atoms with Crippen LogP contribution in [-0.4, -0.2) is 24.0 Å². The normalized spacial score (nSPS) is 30.9. The second-order valence-electron chi connectivity index (χ2n) is 5.76. The van der Waals surface area contributed by atoms with Crippen molar-refractivity contribution in [2.45, 2.75) is 50.6 Å². The van der Waals surface area contributed by atoms with Gasteiger partial charge in [-0.25, -0.2) is 0 Å². The smallest absolute Gasteiger partial charge is 0.122 e. The standard InChI is InChI=1S/C15H24N2O/c16-11-14(15-8-4-10-18-15)17-9-3-6-12-5-1-2-7-13(12)17/h4,8,10,12-14H,1-3,5-7,9,11,16H2/t12-,13-,14?/m1/s1. The summed E-state index contributed by atoms with van der Waals surface area (Å²) in [5.41, 5.74) is 6.01. The highest BCUT2D eigenvalue weighted by atomic mass is 16.3. The number of likely N-dealkylation sites (tertiary alicyclic amines) is 1. The molecule has 0 amide bonds. The molecule has 0 spiro atoms. The Morgan fingerprint density at radius 2 is 2.11 bits per heavy atom. The molecule has 18 heavy (non-hydrogen) atoms. The van der Waals surface area contributed by atoms with Crippen LogP contribution < -0.4 is 5.73 Å². The van der Waals surface area contributed by atoms with Crippen molar-refractivity contribution in [3.63, 3.8) is 0 Å². The highest BCUT2D eigenvalue weighted by molar-refractivity contribution is 5.07. The molecule has 1 saturated heterocycles. The number of fused-ring (bicyclic) bond motifs is 1. The Morgan fingerprint density at radius 3 is 2.89 bits per heavy atom. The molecule has 3 nitrogen and oxygen atoms in total. The number of piperidine rings is 1. The second kappa shape index (κ2) is 5.45. The fraction of sp³-hybridized carbons (Fsp3) is 0.733. The minimum Gasteiger partial charge on any atom is -0.468 e. The van der Waals surface area contributed by atoms with E-state index in [1.807, 2.05) is 6.07 Å². The van der Waals surface area contributed by atoms with Gasteiger partial charge >= 0.3 is 0 Å². The lowest BCUT2D eigenvalue weighted by atomic mass is 9.77. The zero-order chi connectivity index (χ0) is 12.4. The van der Waals surface area contributed by atoms with Crippen molar-refractivity contribution in [1.82, 2.24) is 4.90 Å². The van der Waals surface area contributed by atoms with Gasteiger partial charge in [0.05, 0.1) is 12.3 Å². The highest BCUT2D eigenvalue weighted by Crippen LogP contribution is 2.39. The van der Waals surface area contributed by atoms with E-state index in [-0.39, 0.29) is 6.04 Å². The third-order valence-corrected chi connectivity index (χ3v) is 4.78. The Labute approximate surface area is 109 Å². The minimum absolute atomic E-state index is 0.283. The first-order chi connectivity index (χ1) is 8.90. The fourth-order valence-electron chi connectivity index (χ4n) is 3.95. The number of nitrogens with zero attached hydrogens (tertiary/aromatic N) is 1. The van der Waals surface area contributed by atoms with Gasteiger partial charge in [0, 0.05) is 12.6 Å². The van der Waals surface area contributed by atoms with E-state index in [0.29, 0.717) is 6.54 Å². The topological polar surface area (TPSA) is 42.4 Å². The Hall–Kier alpha value is -0.800. The summed E-state index contributed by atoms with van der Waals surface area (Å²) in [5, 5.41) is 0. The van der Waals surface area contributed by atoms with Gasteiger partial charge in [0.1, 0.15) is 5.76 Å². The maximum atomic E-state index is 6.01. The first-order valence-electron chi connectivity index (χ1n) is 7.39. The number of nitrogens with two attached hydrogens (primary N) is 1. The SMILES string of the molecule is NCC(c1ccco1)N1CCC[C@H]2CCCC[C@H]21. The van der Waals surface area contributed by atoms with Crippen molar-refractivity contribution < 1.29 is 4.42 Å². The molecule has 100 valence electrons. The van der Waals surface area contributed by atoms with Gasteiger partial charge in [-0.2, -0.15) is 0 Å². The van der Waals surface area contributed by atoms with Gasteiger partial charge in [-0.15, -0.1) is 0 Å². The maximum absolute atomic E-state index is 6.01. The van der Waals surface area contributed by atoms with E-state index in [9.17, 15) is 0 Å². The lowest BCUT2D eigenvalue weighted by molar-refractivity contribution is 0.0207. The maximum Gasteiger partial charge on any atom is 0.122 e. The summed E-state index contributed by atoms with van der Waals surface area (Å²) in [6.07, 6.45) is 10.1. The van der Waals surface area contributed by atoms with Crippen molar-refractivity contribution in [1.29, 1.82) is 0 Å². The van der Waals surface area contributed by atoms with Crippen LogP contribution in [0.25, 0.3) is 0 Å². The molecular weight excluding hydrogens is 224 g/mol. The predicted molar refractivity (Wildman–Crippen MR) is 72.2 cm³/mol. The number of hydrogen-bond donors (Lipinski definition) is 1. The van der Waals surface area contributed by atoms with Crippen LogP contribution in [0.2, 0.25) is 0 Å². The van der Waals surface area contributed by atoms with Crippen LogP contribution in [0.5, 0.6) is 0 Å². The molecule has 1 aliphatic carbocycles. The molecule has 3 rings (SSSR count). The second-order valence-corrected chi connectivity index (χ2v) is 5.76. The van der Waals surface area contributed by atoms with Crippen LogP contribution in [0.4, 0.5) is 0 Å². The zero-order valence-electron chi connectivity index (χ0n) is 11.1. The molecule has 1 saturated carbocycles. The Morgan fingerprint density at radius 1 is 1.28 bits per heavy atom. The predicted octanol–water partition coefficient (Wildman–Crippen LogP) is 2.93. The molecule has 1 aromatic rings. The first kappa shape index (κ1) is 12.2. The lowest BCUT2D eigenvalue weighted by Crippen LogP contribution is -2.49. The third kappa shape index (κ3) is 2.21. The summed E-state index contributed by atoms with van der Waals surface area (Å²) in [7, 11) is 0. The molecule has 0 bridgehead atoms. The highest BCUT2D eigenvalue weighted by Gasteiger charge is 2.37. The third-order valence-electron chi connectivity index (χ3n) is 4.78. The average molecular weight is 248 g/mol. The van der Waals surface area contributed by atoms with E-state index < -0.39 is 0 Å². The number of rotatable bonds is 3. The fourth-order valence-corrected chi connectivity index (χ4v) is 3.95. The van der Waals surface area contributed by atoms with E-state index in [1.165, 1.54) is 45.1 Å². The summed E-state index contributed by atoms with van der Waals surface area (Å²) in [6.45, 7) is 1.85. The van der Waals surface area contributed by atoms with Crippen LogP contribution >= 0.6 is 0 Å². The van der Waals surface area contributed by atoms with Crippen LogP contribution in [0, 0.1) is 5.92 Å². The summed E-state index contributed by atoms with van der Waals surface area (Å²) >= 11 is 0. The molecule has 0 aromatic carbocycles. The van der Waals surface area contributed by atoms with E-state index in [0.717, 1.165) is 17.7 Å². The summed E-state index contributed by atoms with van der Waals surface area (Å²) in [5.74, 6) is 1.94. The van der Waals surface area contributed by atoms with Gasteiger partial charge in [0.2, 0.25) is 0 Å². The molecule has 2 heterocycles. The van der Waals surface area contributed by atoms with Gasteiger partial charge in [-0.1, -0.05) is 12.8 Å². The van der Waals surface area contributed by atoms with Crippen molar-refractivity contribution in [2.24, 2.45) is 11.7 Å². The number of hydrogen-bond acceptors (Lipinski definition) is 3. The first-order valence-corrected chi connectivity index (χ1v) is 7.39. The molecule has 2 aliphatic rings. The van der Waals surface area contributed by atoms with E-state index >= 15 is 0 Å². The van der Waals surface area contributed by atoms with Crippen LogP contribution in [0.1, 0.15) is 50.3 Å². The molecular formula is C15H24N2O. The molecule has 3 heteroatoms. The van der Waals surface area contributed by atoms with Gasteiger partial charge in [-0.05, 0) is 50.3 Å². The van der Waals surface area contributed by atoms with Crippen molar-refractivity contribution in [3.05, 3.63) is 24.2 Å². The van der Waals surface area contributed by atoms with Gasteiger partial charge in [0.15, 0.2) is 0 Å². The number of furan rings is 1. The largest absolute Gasteiger partial charge is 0.468 e. The Bertz CT molecular complexity index is 361. The molecule has 1 unspecified atom stereocenters. The zero-order valence-corrected chi connectivity index (χ0v) is 11.1. The van der Waals surface area contributed by atoms with Crippen LogP contribution in [0.3, 0.4) is 0 Å². The molecule has 2 fully saturated rings. The van der Waals surface area contributed by atoms with E-state index in [2.05, 4.69) is 11.0 Å². The van der Waals surface area contributed by atoms with Gasteiger partial charge < -0.3 is 10.2 Å². The van der Waals surface area contributed by atoms with E-state index in [1.54, 1.807) is 6.26 Å². The van der Waals surface area contributed by atoms with Crippen LogP contribution in [-0.2, 0) is 0 Å². The van der Waals surface area contributed by atoms with Gasteiger partial charge in [0.25, 0.3) is 0 Å². The average Bonchev–Trinajstić information content (AvgIpc) is 2.94. The summed E-state index contributed by atoms with van der Waals surface area (Å²) in [4.78, 5) is 2.63. The Kier molecular flexibility index (Phi) is 3.71. The molecule has 2 N–H and O–H groups in total. The summed E-state index contributed by atoms with van der Waals surface area (Å²) < 4.78 is 5.60. The quantitative estimate of drug-likeness (QED) is 0.894. The van der Waals surface area contributed by atoms with Crippen molar-refractivity contribution in [2.75, 3.05) is 13.1 Å². The summed E-state index contributed by atoms with van der Waals surface area (Å²) in [6, 6.07) is 5.07. The van der Waals surface area contributed by atoms with Crippen LogP contribution in [0.15, 0.2) is 22.8 Å². The monoisotopic (exact) mass is 248 g/mol.